The van der Waals surface area contributed by atoms with Crippen molar-refractivity contribution in [3.8, 4) is 6.07 Å². The lowest BCUT2D eigenvalue weighted by Crippen LogP contribution is -2.31. The van der Waals surface area contributed by atoms with E-state index < -0.39 is 28.2 Å². The predicted octanol–water partition coefficient (Wildman–Crippen LogP) is 4.85. The molecule has 206 valence electrons. The SMILES string of the molecule is C=C(C)C(F)(C=CC)c1cc(Nc2n[nH]c(N)n2)cc(Cl)c1C1C=CC(OCNC2(C#N)CC2)=C(S(=O)[O-])C1. The highest BCUT2D eigenvalue weighted by Gasteiger charge is 2.43. The average Bonchev–Trinajstić information content (AvgIpc) is 3.56. The Bertz CT molecular complexity index is 1440. The predicted molar refractivity (Wildman–Crippen MR) is 147 cm³/mol. The number of ether oxygens (including phenoxy) is 1. The molecule has 3 unspecified atom stereocenters. The summed E-state index contributed by atoms with van der Waals surface area (Å²) in [7, 11) is 0. The zero-order valence-corrected chi connectivity index (χ0v) is 23.0. The number of alkyl halides is 1. The van der Waals surface area contributed by atoms with Crippen molar-refractivity contribution in [1.82, 2.24) is 20.5 Å². The summed E-state index contributed by atoms with van der Waals surface area (Å²) in [6.07, 6.45) is 7.61. The van der Waals surface area contributed by atoms with Crippen molar-refractivity contribution in [3.63, 3.8) is 0 Å². The van der Waals surface area contributed by atoms with Crippen molar-refractivity contribution < 1.29 is 17.9 Å². The number of nitriles is 1. The summed E-state index contributed by atoms with van der Waals surface area (Å²) in [6, 6.07) is 5.34. The minimum Gasteiger partial charge on any atom is -0.769 e. The van der Waals surface area contributed by atoms with Gasteiger partial charge in [0, 0.05) is 27.1 Å². The van der Waals surface area contributed by atoms with Gasteiger partial charge in [-0.1, -0.05) is 30.3 Å². The first-order valence-corrected chi connectivity index (χ1v) is 13.5. The van der Waals surface area contributed by atoms with Gasteiger partial charge in [0.1, 0.15) is 18.0 Å². The molecule has 0 saturated heterocycles. The van der Waals surface area contributed by atoms with Crippen molar-refractivity contribution in [2.24, 2.45) is 0 Å². The fourth-order valence-corrected chi connectivity index (χ4v) is 5.33. The van der Waals surface area contributed by atoms with Crippen LogP contribution in [0.3, 0.4) is 0 Å². The number of nitrogens with zero attached hydrogens (tertiary/aromatic N) is 3. The summed E-state index contributed by atoms with van der Waals surface area (Å²) in [4.78, 5) is 4.02. The van der Waals surface area contributed by atoms with E-state index in [1.54, 1.807) is 38.1 Å². The van der Waals surface area contributed by atoms with E-state index in [4.69, 9.17) is 22.1 Å². The standard InChI is InChI=1S/C26H29ClFN7O3S/c1-4-7-26(28,15(2)3)18-11-17(32-24-33-23(30)34-35-24)12-19(27)22(18)16-5-6-20(21(10-16)39(36)37)38-14-31-25(13-29)8-9-25/h4-7,11-12,16,31H,2,8-10,14H2,1,3H3,(H,36,37)(H4,30,32,33,34,35)/p-1. The Hall–Kier alpha value is -3.50. The molecule has 5 N–H and O–H groups in total. The molecule has 1 aromatic heterocycles. The van der Waals surface area contributed by atoms with Gasteiger partial charge in [-0.05, 0) is 79.6 Å². The lowest BCUT2D eigenvalue weighted by atomic mass is 9.79. The first-order valence-electron chi connectivity index (χ1n) is 12.1. The third-order valence-electron chi connectivity index (χ3n) is 6.63. The number of nitrogens with one attached hydrogen (secondary N) is 3. The Morgan fingerprint density at radius 2 is 2.28 bits per heavy atom. The van der Waals surface area contributed by atoms with E-state index >= 15 is 4.39 Å². The zero-order chi connectivity index (χ0) is 28.4. The minimum absolute atomic E-state index is 0.00953. The number of hydrogen-bond acceptors (Lipinski definition) is 9. The number of H-pyrrole nitrogens is 1. The van der Waals surface area contributed by atoms with E-state index in [0.29, 0.717) is 24.1 Å². The highest BCUT2D eigenvalue weighted by molar-refractivity contribution is 7.83. The molecule has 0 amide bonds. The monoisotopic (exact) mass is 572 g/mol. The molecule has 39 heavy (non-hydrogen) atoms. The number of anilines is 3. The molecule has 1 saturated carbocycles. The number of aromatic amines is 1. The maximum atomic E-state index is 16.7. The molecule has 3 atom stereocenters. The molecule has 10 nitrogen and oxygen atoms in total. The Kier molecular flexibility index (Phi) is 8.27. The third kappa shape index (κ3) is 6.07. The highest BCUT2D eigenvalue weighted by Crippen LogP contribution is 2.47. The van der Waals surface area contributed by atoms with Gasteiger partial charge in [-0.25, -0.2) is 9.49 Å². The molecule has 4 rings (SSSR count). The molecule has 2 aliphatic rings. The van der Waals surface area contributed by atoms with Crippen LogP contribution in [-0.2, 0) is 21.5 Å². The van der Waals surface area contributed by atoms with Crippen LogP contribution < -0.4 is 16.4 Å². The summed E-state index contributed by atoms with van der Waals surface area (Å²) in [5.41, 5.74) is 4.07. The average molecular weight is 573 g/mol. The maximum absolute atomic E-state index is 16.7. The Balaban J connectivity index is 1.71. The van der Waals surface area contributed by atoms with Gasteiger partial charge < -0.3 is 20.3 Å². The Morgan fingerprint density at radius 1 is 1.54 bits per heavy atom. The second-order valence-electron chi connectivity index (χ2n) is 9.43. The number of aromatic nitrogens is 3. The number of hydrogen-bond donors (Lipinski definition) is 4. The maximum Gasteiger partial charge on any atom is 0.248 e. The molecular formula is C26H28ClFN7O3S-. The van der Waals surface area contributed by atoms with Crippen LogP contribution >= 0.6 is 11.6 Å². The van der Waals surface area contributed by atoms with E-state index in [1.807, 2.05) is 0 Å². The Morgan fingerprint density at radius 3 is 2.85 bits per heavy atom. The van der Waals surface area contributed by atoms with Gasteiger partial charge in [0.05, 0.1) is 6.07 Å². The van der Waals surface area contributed by atoms with Gasteiger partial charge in [-0.3, -0.25) is 9.53 Å². The van der Waals surface area contributed by atoms with Crippen LogP contribution in [0.5, 0.6) is 0 Å². The number of halogens is 2. The molecule has 0 bridgehead atoms. The highest BCUT2D eigenvalue weighted by atomic mass is 35.5. The van der Waals surface area contributed by atoms with E-state index in [-0.39, 0.29) is 51.9 Å². The van der Waals surface area contributed by atoms with Crippen LogP contribution in [0, 0.1) is 11.3 Å². The van der Waals surface area contributed by atoms with Gasteiger partial charge in [0.2, 0.25) is 11.9 Å². The first-order chi connectivity index (χ1) is 18.5. The van der Waals surface area contributed by atoms with E-state index in [2.05, 4.69) is 38.5 Å². The molecule has 2 aliphatic carbocycles. The number of benzene rings is 1. The molecule has 1 heterocycles. The summed E-state index contributed by atoms with van der Waals surface area (Å²) >= 11 is 4.15. The molecule has 1 fully saturated rings. The largest absolute Gasteiger partial charge is 0.769 e. The van der Waals surface area contributed by atoms with Gasteiger partial charge in [0.15, 0.2) is 5.67 Å². The van der Waals surface area contributed by atoms with E-state index in [9.17, 15) is 14.0 Å². The lowest BCUT2D eigenvalue weighted by Gasteiger charge is -2.31. The van der Waals surface area contributed by atoms with Gasteiger partial charge >= 0.3 is 0 Å². The van der Waals surface area contributed by atoms with Crippen molar-refractivity contribution >= 4 is 40.3 Å². The van der Waals surface area contributed by atoms with Gasteiger partial charge in [-0.2, -0.15) is 10.2 Å². The van der Waals surface area contributed by atoms with Crippen molar-refractivity contribution in [3.05, 3.63) is 75.4 Å². The smallest absolute Gasteiger partial charge is 0.248 e. The van der Waals surface area contributed by atoms with Crippen LogP contribution in [0.2, 0.25) is 5.02 Å². The van der Waals surface area contributed by atoms with Gasteiger partial charge in [0.25, 0.3) is 0 Å². The van der Waals surface area contributed by atoms with Crippen LogP contribution in [0.4, 0.5) is 22.0 Å². The number of allylic oxidation sites excluding steroid dienone is 6. The summed E-state index contributed by atoms with van der Waals surface area (Å²) < 4.78 is 46.7. The molecule has 1 aromatic carbocycles. The lowest BCUT2D eigenvalue weighted by molar-refractivity contribution is 0.186. The molecule has 0 aliphatic heterocycles. The van der Waals surface area contributed by atoms with Crippen LogP contribution in [0.15, 0.2) is 59.3 Å². The van der Waals surface area contributed by atoms with Crippen molar-refractivity contribution in [2.75, 3.05) is 17.8 Å². The summed E-state index contributed by atoms with van der Waals surface area (Å²) in [6.45, 7) is 7.09. The summed E-state index contributed by atoms with van der Waals surface area (Å²) in [5, 5.41) is 21.8. The molecule has 0 radical (unpaired) electrons. The summed E-state index contributed by atoms with van der Waals surface area (Å²) in [5.74, 6) is -0.180. The van der Waals surface area contributed by atoms with E-state index in [1.165, 1.54) is 12.2 Å². The normalized spacial score (nSPS) is 20.4. The third-order valence-corrected chi connectivity index (χ3v) is 7.71. The van der Waals surface area contributed by atoms with Crippen LogP contribution in [0.25, 0.3) is 0 Å². The zero-order valence-electron chi connectivity index (χ0n) is 21.4. The number of nitrogen functional groups attached to an aromatic ring is 1. The Labute approximate surface area is 233 Å². The first kappa shape index (κ1) is 28.5. The second kappa shape index (κ2) is 11.3. The second-order valence-corrected chi connectivity index (χ2v) is 10.8. The quantitative estimate of drug-likeness (QED) is 0.167. The molecular weight excluding hydrogens is 545 g/mol. The minimum atomic E-state index is -2.61. The van der Waals surface area contributed by atoms with E-state index in [0.717, 1.165) is 0 Å². The fraction of sp³-hybridized carbons (Fsp3) is 0.346. The topological polar surface area (TPSA) is 165 Å². The van der Waals surface area contributed by atoms with Crippen molar-refractivity contribution in [1.29, 1.82) is 5.26 Å². The van der Waals surface area contributed by atoms with Crippen LogP contribution in [-0.4, -0.2) is 36.2 Å². The number of nitrogens with two attached hydrogens (primary N) is 1. The fourth-order valence-electron chi connectivity index (χ4n) is 4.37. The van der Waals surface area contributed by atoms with Crippen molar-refractivity contribution in [2.45, 2.75) is 50.2 Å². The van der Waals surface area contributed by atoms with Crippen LogP contribution in [0.1, 0.15) is 50.2 Å². The number of rotatable bonds is 11. The molecule has 13 heteroatoms. The molecule has 0 spiro atoms. The molecule has 2 aromatic rings. The van der Waals surface area contributed by atoms with Gasteiger partial charge in [-0.15, -0.1) is 5.10 Å².